The van der Waals surface area contributed by atoms with Gasteiger partial charge in [-0.25, -0.2) is 4.39 Å². The van der Waals surface area contributed by atoms with Gasteiger partial charge in [-0.15, -0.1) is 0 Å². The van der Waals surface area contributed by atoms with E-state index in [2.05, 4.69) is 5.32 Å². The quantitative estimate of drug-likeness (QED) is 0.851. The highest BCUT2D eigenvalue weighted by Crippen LogP contribution is 2.22. The number of piperidine rings is 1. The number of carbonyl (C=O) groups is 2. The van der Waals surface area contributed by atoms with Crippen LogP contribution in [0.3, 0.4) is 0 Å². The number of amides is 2. The molecule has 4 nitrogen and oxygen atoms in total. The van der Waals surface area contributed by atoms with Gasteiger partial charge in [-0.2, -0.15) is 0 Å². The second-order valence-electron chi connectivity index (χ2n) is 6.74. The first-order valence-corrected chi connectivity index (χ1v) is 9.44. The van der Waals surface area contributed by atoms with Gasteiger partial charge in [-0.3, -0.25) is 9.59 Å². The fourth-order valence-electron chi connectivity index (χ4n) is 3.28. The third-order valence-electron chi connectivity index (χ3n) is 4.92. The molecule has 3 rings (SSSR count). The summed E-state index contributed by atoms with van der Waals surface area (Å²) in [6, 6.07) is 14.2. The average molecular weight is 389 g/mol. The molecule has 0 atom stereocenters. The lowest BCUT2D eigenvalue weighted by Gasteiger charge is -2.31. The predicted molar refractivity (Wildman–Crippen MR) is 103 cm³/mol. The molecule has 2 amide bonds. The minimum atomic E-state index is -0.467. The molecule has 6 heteroatoms. The lowest BCUT2D eigenvalue weighted by Crippen LogP contribution is -2.43. The van der Waals surface area contributed by atoms with Crippen LogP contribution >= 0.6 is 11.6 Å². The van der Waals surface area contributed by atoms with Gasteiger partial charge in [0.05, 0.1) is 6.42 Å². The second kappa shape index (κ2) is 9.00. The van der Waals surface area contributed by atoms with Crippen molar-refractivity contribution in [3.05, 3.63) is 70.5 Å². The summed E-state index contributed by atoms with van der Waals surface area (Å²) in [7, 11) is 0. The average Bonchev–Trinajstić information content (AvgIpc) is 2.70. The van der Waals surface area contributed by atoms with Crippen molar-refractivity contribution in [1.29, 1.82) is 0 Å². The van der Waals surface area contributed by atoms with E-state index in [1.165, 1.54) is 12.1 Å². The maximum absolute atomic E-state index is 13.9. The maximum atomic E-state index is 13.9. The molecule has 0 spiro atoms. The molecule has 1 aliphatic heterocycles. The minimum Gasteiger partial charge on any atom is -0.352 e. The second-order valence-corrected chi connectivity index (χ2v) is 7.14. The van der Waals surface area contributed by atoms with Crippen molar-refractivity contribution in [2.24, 2.45) is 5.92 Å². The van der Waals surface area contributed by atoms with E-state index < -0.39 is 5.82 Å². The SMILES string of the molecule is O=C(NCc1ccccc1)C1CCN(C(=O)Cc2c(F)cccc2Cl)CC1. The monoisotopic (exact) mass is 388 g/mol. The van der Waals surface area contributed by atoms with Crippen LogP contribution in [0.15, 0.2) is 48.5 Å². The Bertz CT molecular complexity index is 785. The highest BCUT2D eigenvalue weighted by atomic mass is 35.5. The zero-order chi connectivity index (χ0) is 19.2. The number of hydrogen-bond acceptors (Lipinski definition) is 2. The summed E-state index contributed by atoms with van der Waals surface area (Å²) in [5.74, 6) is -0.714. The summed E-state index contributed by atoms with van der Waals surface area (Å²) in [4.78, 5) is 26.5. The van der Waals surface area contributed by atoms with E-state index in [9.17, 15) is 14.0 Å². The number of hydrogen-bond donors (Lipinski definition) is 1. The van der Waals surface area contributed by atoms with Crippen molar-refractivity contribution in [3.63, 3.8) is 0 Å². The van der Waals surface area contributed by atoms with Gasteiger partial charge in [0, 0.05) is 36.1 Å². The van der Waals surface area contributed by atoms with Gasteiger partial charge in [0.1, 0.15) is 5.82 Å². The van der Waals surface area contributed by atoms with Crippen LogP contribution in [0.4, 0.5) is 4.39 Å². The van der Waals surface area contributed by atoms with Crippen LogP contribution in [0, 0.1) is 11.7 Å². The van der Waals surface area contributed by atoms with E-state index in [1.54, 1.807) is 11.0 Å². The summed E-state index contributed by atoms with van der Waals surface area (Å²) < 4.78 is 13.9. The van der Waals surface area contributed by atoms with Crippen LogP contribution in [0.5, 0.6) is 0 Å². The van der Waals surface area contributed by atoms with Crippen molar-refractivity contribution < 1.29 is 14.0 Å². The molecule has 2 aromatic carbocycles. The van der Waals surface area contributed by atoms with Gasteiger partial charge in [-0.05, 0) is 30.5 Å². The molecule has 0 bridgehead atoms. The lowest BCUT2D eigenvalue weighted by molar-refractivity contribution is -0.135. The van der Waals surface area contributed by atoms with E-state index in [0.717, 1.165) is 5.56 Å². The van der Waals surface area contributed by atoms with Gasteiger partial charge in [-0.1, -0.05) is 48.0 Å². The summed E-state index contributed by atoms with van der Waals surface area (Å²) >= 11 is 6.00. The van der Waals surface area contributed by atoms with Crippen LogP contribution in [0.2, 0.25) is 5.02 Å². The van der Waals surface area contributed by atoms with Crippen LogP contribution in [-0.4, -0.2) is 29.8 Å². The Labute approximate surface area is 163 Å². The molecular formula is C21H22ClFN2O2. The zero-order valence-corrected chi connectivity index (χ0v) is 15.7. The molecule has 0 radical (unpaired) electrons. The third-order valence-corrected chi connectivity index (χ3v) is 5.27. The fourth-order valence-corrected chi connectivity index (χ4v) is 3.51. The Morgan fingerprint density at radius 2 is 1.78 bits per heavy atom. The molecule has 0 aliphatic carbocycles. The highest BCUT2D eigenvalue weighted by molar-refractivity contribution is 6.31. The van der Waals surface area contributed by atoms with Crippen molar-refractivity contribution >= 4 is 23.4 Å². The largest absolute Gasteiger partial charge is 0.352 e. The summed E-state index contributed by atoms with van der Waals surface area (Å²) in [5.41, 5.74) is 1.28. The van der Waals surface area contributed by atoms with Gasteiger partial charge in [0.2, 0.25) is 11.8 Å². The van der Waals surface area contributed by atoms with Gasteiger partial charge in [0.15, 0.2) is 0 Å². The molecule has 1 N–H and O–H groups in total. The number of halogens is 2. The Hall–Kier alpha value is -2.40. The third kappa shape index (κ3) is 5.07. The topological polar surface area (TPSA) is 49.4 Å². The standard InChI is InChI=1S/C21H22ClFN2O2/c22-18-7-4-8-19(23)17(18)13-20(26)25-11-9-16(10-12-25)21(27)24-14-15-5-2-1-3-6-15/h1-8,16H,9-14H2,(H,24,27). The van der Waals surface area contributed by atoms with E-state index in [-0.39, 0.29) is 34.7 Å². The van der Waals surface area contributed by atoms with Crippen LogP contribution < -0.4 is 5.32 Å². The maximum Gasteiger partial charge on any atom is 0.227 e. The Morgan fingerprint density at radius 1 is 1.07 bits per heavy atom. The van der Waals surface area contributed by atoms with Crippen molar-refractivity contribution in [2.45, 2.75) is 25.8 Å². The molecule has 142 valence electrons. The minimum absolute atomic E-state index is 0.0168. The Kier molecular flexibility index (Phi) is 6.45. The van der Waals surface area contributed by atoms with E-state index in [1.807, 2.05) is 30.3 Å². The molecule has 0 aromatic heterocycles. The predicted octanol–water partition coefficient (Wildman–Crippen LogP) is 3.58. The van der Waals surface area contributed by atoms with Gasteiger partial charge in [0.25, 0.3) is 0 Å². The van der Waals surface area contributed by atoms with Gasteiger partial charge >= 0.3 is 0 Å². The molecular weight excluding hydrogens is 367 g/mol. The normalized spacial score (nSPS) is 14.8. The summed E-state index contributed by atoms with van der Waals surface area (Å²) in [5, 5.41) is 3.22. The molecule has 0 saturated carbocycles. The van der Waals surface area contributed by atoms with Gasteiger partial charge < -0.3 is 10.2 Å². The highest BCUT2D eigenvalue weighted by Gasteiger charge is 2.27. The number of rotatable bonds is 5. The number of nitrogens with zero attached hydrogens (tertiary/aromatic N) is 1. The number of carbonyl (C=O) groups excluding carboxylic acids is 2. The molecule has 1 aliphatic rings. The Balaban J connectivity index is 1.48. The number of likely N-dealkylation sites (tertiary alicyclic amines) is 1. The van der Waals surface area contributed by atoms with Crippen molar-refractivity contribution in [2.75, 3.05) is 13.1 Å². The van der Waals surface area contributed by atoms with Crippen molar-refractivity contribution in [3.8, 4) is 0 Å². The lowest BCUT2D eigenvalue weighted by atomic mass is 9.95. The molecule has 1 heterocycles. The Morgan fingerprint density at radius 3 is 2.44 bits per heavy atom. The molecule has 0 unspecified atom stereocenters. The van der Waals surface area contributed by atoms with Crippen molar-refractivity contribution in [1.82, 2.24) is 10.2 Å². The smallest absolute Gasteiger partial charge is 0.227 e. The molecule has 2 aromatic rings. The number of benzene rings is 2. The van der Waals surface area contributed by atoms with E-state index in [4.69, 9.17) is 11.6 Å². The van der Waals surface area contributed by atoms with E-state index in [0.29, 0.717) is 32.5 Å². The molecule has 27 heavy (non-hydrogen) atoms. The first-order chi connectivity index (χ1) is 13.0. The first kappa shape index (κ1) is 19.4. The zero-order valence-electron chi connectivity index (χ0n) is 15.0. The van der Waals surface area contributed by atoms with Crippen LogP contribution in [0.1, 0.15) is 24.0 Å². The van der Waals surface area contributed by atoms with Crippen LogP contribution in [0.25, 0.3) is 0 Å². The number of nitrogens with one attached hydrogen (secondary N) is 1. The molecule has 1 fully saturated rings. The first-order valence-electron chi connectivity index (χ1n) is 9.07. The van der Waals surface area contributed by atoms with E-state index >= 15 is 0 Å². The van der Waals surface area contributed by atoms with Crippen LogP contribution in [-0.2, 0) is 22.6 Å². The summed E-state index contributed by atoms with van der Waals surface area (Å²) in [6.45, 7) is 1.49. The fraction of sp³-hybridized carbons (Fsp3) is 0.333. The molecule has 1 saturated heterocycles. The summed E-state index contributed by atoms with van der Waals surface area (Å²) in [6.07, 6.45) is 1.16.